The summed E-state index contributed by atoms with van der Waals surface area (Å²) in [4.78, 5) is 0. The molecule has 1 unspecified atom stereocenters. The van der Waals surface area contributed by atoms with E-state index in [-0.39, 0.29) is 0 Å². The molecular weight excluding hydrogens is 252 g/mol. The highest BCUT2D eigenvalue weighted by atomic mass is 16.5. The topological polar surface area (TPSA) is 62.9 Å². The first kappa shape index (κ1) is 14.1. The second kappa shape index (κ2) is 7.31. The van der Waals surface area contributed by atoms with E-state index in [0.29, 0.717) is 24.0 Å². The molecule has 1 aromatic heterocycles. The van der Waals surface area contributed by atoms with Gasteiger partial charge in [-0.2, -0.15) is 10.4 Å². The lowest BCUT2D eigenvalue weighted by Gasteiger charge is -2.14. The number of benzene rings is 1. The zero-order chi connectivity index (χ0) is 14.2. The lowest BCUT2D eigenvalue weighted by atomic mass is 10.2. The van der Waals surface area contributed by atoms with Crippen molar-refractivity contribution in [2.45, 2.75) is 19.5 Å². The molecule has 2 rings (SSSR count). The van der Waals surface area contributed by atoms with Crippen LogP contribution in [0.2, 0.25) is 0 Å². The van der Waals surface area contributed by atoms with Crippen LogP contribution in [0.4, 0.5) is 0 Å². The van der Waals surface area contributed by atoms with Crippen molar-refractivity contribution in [1.29, 1.82) is 5.26 Å². The monoisotopic (exact) mass is 270 g/mol. The molecule has 0 bridgehead atoms. The quantitative estimate of drug-likeness (QED) is 0.779. The molecule has 0 aliphatic carbocycles. The summed E-state index contributed by atoms with van der Waals surface area (Å²) in [5.41, 5.74) is 0.567. The van der Waals surface area contributed by atoms with Gasteiger partial charge < -0.3 is 10.1 Å². The van der Waals surface area contributed by atoms with Crippen LogP contribution in [0.3, 0.4) is 0 Å². The number of hydrogen-bond donors (Lipinski definition) is 1. The van der Waals surface area contributed by atoms with Gasteiger partial charge in [-0.25, -0.2) is 0 Å². The molecule has 0 spiro atoms. The van der Waals surface area contributed by atoms with Crippen molar-refractivity contribution in [2.75, 3.05) is 13.2 Å². The minimum absolute atomic E-state index is 0.310. The minimum atomic E-state index is 0.310. The normalized spacial score (nSPS) is 11.8. The maximum absolute atomic E-state index is 8.95. The van der Waals surface area contributed by atoms with E-state index in [1.807, 2.05) is 35.1 Å². The Morgan fingerprint density at radius 3 is 3.00 bits per heavy atom. The zero-order valence-corrected chi connectivity index (χ0v) is 11.5. The Morgan fingerprint density at radius 1 is 1.40 bits per heavy atom. The van der Waals surface area contributed by atoms with Crippen LogP contribution in [0.25, 0.3) is 0 Å². The average Bonchev–Trinajstić information content (AvgIpc) is 2.97. The minimum Gasteiger partial charge on any atom is -0.491 e. The molecule has 0 fully saturated rings. The number of nitriles is 1. The SMILES string of the molecule is CC(Cn1cccn1)NCCOc1ccccc1C#N. The molecule has 1 heterocycles. The molecule has 20 heavy (non-hydrogen) atoms. The number of nitrogens with zero attached hydrogens (tertiary/aromatic N) is 3. The summed E-state index contributed by atoms with van der Waals surface area (Å²) in [7, 11) is 0. The summed E-state index contributed by atoms with van der Waals surface area (Å²) in [6, 6.07) is 11.6. The van der Waals surface area contributed by atoms with Gasteiger partial charge >= 0.3 is 0 Å². The van der Waals surface area contributed by atoms with Gasteiger partial charge in [0, 0.05) is 25.0 Å². The van der Waals surface area contributed by atoms with Gasteiger partial charge in [0.1, 0.15) is 18.4 Å². The molecule has 1 atom stereocenters. The van der Waals surface area contributed by atoms with E-state index in [2.05, 4.69) is 23.4 Å². The first-order valence-corrected chi connectivity index (χ1v) is 6.62. The third-order valence-electron chi connectivity index (χ3n) is 2.88. The summed E-state index contributed by atoms with van der Waals surface area (Å²) >= 11 is 0. The molecule has 0 saturated carbocycles. The van der Waals surface area contributed by atoms with Crippen LogP contribution in [0.5, 0.6) is 5.75 Å². The first-order chi connectivity index (χ1) is 9.79. The number of rotatable bonds is 7. The molecule has 0 radical (unpaired) electrons. The second-order valence-electron chi connectivity index (χ2n) is 4.54. The van der Waals surface area contributed by atoms with E-state index in [1.54, 1.807) is 12.3 Å². The number of hydrogen-bond acceptors (Lipinski definition) is 4. The highest BCUT2D eigenvalue weighted by molar-refractivity contribution is 5.42. The van der Waals surface area contributed by atoms with Crippen LogP contribution in [0.1, 0.15) is 12.5 Å². The number of ether oxygens (including phenoxy) is 1. The van der Waals surface area contributed by atoms with Crippen LogP contribution < -0.4 is 10.1 Å². The summed E-state index contributed by atoms with van der Waals surface area (Å²) in [5.74, 6) is 0.636. The highest BCUT2D eigenvalue weighted by Gasteiger charge is 2.04. The molecule has 2 aromatic rings. The Kier molecular flexibility index (Phi) is 5.15. The lowest BCUT2D eigenvalue weighted by Crippen LogP contribution is -2.33. The molecule has 5 heteroatoms. The average molecular weight is 270 g/mol. The maximum atomic E-state index is 8.95. The molecule has 5 nitrogen and oxygen atoms in total. The summed E-state index contributed by atoms with van der Waals surface area (Å²) < 4.78 is 7.50. The second-order valence-corrected chi connectivity index (χ2v) is 4.54. The van der Waals surface area contributed by atoms with Crippen molar-refractivity contribution in [3.05, 3.63) is 48.3 Å². The van der Waals surface area contributed by atoms with Gasteiger partial charge in [-0.05, 0) is 25.1 Å². The van der Waals surface area contributed by atoms with Crippen molar-refractivity contribution in [1.82, 2.24) is 15.1 Å². The van der Waals surface area contributed by atoms with Crippen molar-refractivity contribution >= 4 is 0 Å². The third kappa shape index (κ3) is 4.11. The van der Waals surface area contributed by atoms with Crippen molar-refractivity contribution in [3.8, 4) is 11.8 Å². The fraction of sp³-hybridized carbons (Fsp3) is 0.333. The van der Waals surface area contributed by atoms with Gasteiger partial charge in [0.25, 0.3) is 0 Å². The number of para-hydroxylation sites is 1. The predicted octanol–water partition coefficient (Wildman–Crippen LogP) is 1.81. The van der Waals surface area contributed by atoms with Gasteiger partial charge in [0.05, 0.1) is 12.1 Å². The summed E-state index contributed by atoms with van der Waals surface area (Å²) in [5, 5.41) is 16.5. The molecule has 1 aromatic carbocycles. The molecule has 1 N–H and O–H groups in total. The largest absolute Gasteiger partial charge is 0.491 e. The lowest BCUT2D eigenvalue weighted by molar-refractivity contribution is 0.301. The van der Waals surface area contributed by atoms with Gasteiger partial charge in [-0.1, -0.05) is 12.1 Å². The highest BCUT2D eigenvalue weighted by Crippen LogP contribution is 2.15. The number of aromatic nitrogens is 2. The van der Waals surface area contributed by atoms with Crippen LogP contribution in [-0.4, -0.2) is 29.0 Å². The van der Waals surface area contributed by atoms with Gasteiger partial charge in [0.2, 0.25) is 0 Å². The zero-order valence-electron chi connectivity index (χ0n) is 11.5. The smallest absolute Gasteiger partial charge is 0.137 e. The molecule has 104 valence electrons. The van der Waals surface area contributed by atoms with Crippen LogP contribution in [0.15, 0.2) is 42.7 Å². The van der Waals surface area contributed by atoms with E-state index in [4.69, 9.17) is 10.00 Å². The van der Waals surface area contributed by atoms with Crippen molar-refractivity contribution in [2.24, 2.45) is 0 Å². The first-order valence-electron chi connectivity index (χ1n) is 6.62. The fourth-order valence-corrected chi connectivity index (χ4v) is 1.90. The fourth-order valence-electron chi connectivity index (χ4n) is 1.90. The summed E-state index contributed by atoms with van der Waals surface area (Å²) in [6.07, 6.45) is 3.71. The van der Waals surface area contributed by atoms with Crippen LogP contribution in [0, 0.1) is 11.3 Å². The molecule has 0 amide bonds. The van der Waals surface area contributed by atoms with Gasteiger partial charge in [-0.15, -0.1) is 0 Å². The van der Waals surface area contributed by atoms with Gasteiger partial charge in [0.15, 0.2) is 0 Å². The van der Waals surface area contributed by atoms with Crippen LogP contribution in [-0.2, 0) is 6.54 Å². The molecule has 0 saturated heterocycles. The van der Waals surface area contributed by atoms with E-state index < -0.39 is 0 Å². The molecule has 0 aliphatic rings. The third-order valence-corrected chi connectivity index (χ3v) is 2.88. The Labute approximate surface area is 118 Å². The number of nitrogens with one attached hydrogen (secondary N) is 1. The Morgan fingerprint density at radius 2 is 2.25 bits per heavy atom. The molecule has 0 aliphatic heterocycles. The summed E-state index contributed by atoms with van der Waals surface area (Å²) in [6.45, 7) is 4.18. The van der Waals surface area contributed by atoms with E-state index in [9.17, 15) is 0 Å². The standard InChI is InChI=1S/C15H18N4O/c1-13(12-19-9-4-7-18-19)17-8-10-20-15-6-3-2-5-14(15)11-16/h2-7,9,13,17H,8,10,12H2,1H3. The van der Waals surface area contributed by atoms with Gasteiger partial charge in [-0.3, -0.25) is 4.68 Å². The Bertz CT molecular complexity index is 560. The Hall–Kier alpha value is -2.32. The predicted molar refractivity (Wildman–Crippen MR) is 76.3 cm³/mol. The molecular formula is C15H18N4O. The van der Waals surface area contributed by atoms with Crippen molar-refractivity contribution in [3.63, 3.8) is 0 Å². The van der Waals surface area contributed by atoms with E-state index in [1.165, 1.54) is 0 Å². The Balaban J connectivity index is 1.70. The van der Waals surface area contributed by atoms with Crippen molar-refractivity contribution < 1.29 is 4.74 Å². The van der Waals surface area contributed by atoms with E-state index in [0.717, 1.165) is 13.1 Å². The van der Waals surface area contributed by atoms with Crippen LogP contribution >= 0.6 is 0 Å². The maximum Gasteiger partial charge on any atom is 0.137 e. The van der Waals surface area contributed by atoms with E-state index >= 15 is 0 Å².